The van der Waals surface area contributed by atoms with Gasteiger partial charge in [0.05, 0.1) is 30.1 Å². The van der Waals surface area contributed by atoms with Crippen molar-refractivity contribution >= 4 is 5.69 Å². The summed E-state index contributed by atoms with van der Waals surface area (Å²) in [5, 5.41) is 10.0. The van der Waals surface area contributed by atoms with Gasteiger partial charge in [-0.1, -0.05) is 19.9 Å². The Bertz CT molecular complexity index is 681. The number of aromatic nitrogens is 1. The summed E-state index contributed by atoms with van der Waals surface area (Å²) in [4.78, 5) is 6.43. The van der Waals surface area contributed by atoms with Crippen molar-refractivity contribution in [3.63, 3.8) is 0 Å². The molecular formula is C21H30N2O4. The van der Waals surface area contributed by atoms with Crippen LogP contribution in [-0.4, -0.2) is 43.2 Å². The van der Waals surface area contributed by atoms with Crippen LogP contribution in [0.3, 0.4) is 0 Å². The highest BCUT2D eigenvalue weighted by Crippen LogP contribution is 2.32. The number of rotatable bonds is 7. The first-order valence-corrected chi connectivity index (χ1v) is 9.38. The first-order valence-electron chi connectivity index (χ1n) is 9.38. The van der Waals surface area contributed by atoms with Crippen molar-refractivity contribution in [3.8, 4) is 11.5 Å². The van der Waals surface area contributed by atoms with Crippen LogP contribution in [0.15, 0.2) is 42.7 Å². The van der Waals surface area contributed by atoms with E-state index in [4.69, 9.17) is 14.2 Å². The minimum Gasteiger partial charge on any atom is -0.507 e. The lowest BCUT2D eigenvalue weighted by atomic mass is 10.2. The van der Waals surface area contributed by atoms with Crippen molar-refractivity contribution in [2.75, 3.05) is 25.7 Å². The summed E-state index contributed by atoms with van der Waals surface area (Å²) in [5.74, 6) is 0.832. The van der Waals surface area contributed by atoms with Gasteiger partial charge in [-0.15, -0.1) is 0 Å². The maximum absolute atomic E-state index is 10.0. The van der Waals surface area contributed by atoms with Gasteiger partial charge in [0.1, 0.15) is 24.3 Å². The molecule has 2 unspecified atom stereocenters. The number of methoxy groups -OCH3 is 2. The van der Waals surface area contributed by atoms with Gasteiger partial charge in [-0.3, -0.25) is 4.98 Å². The Labute approximate surface area is 161 Å². The third kappa shape index (κ3) is 5.11. The number of pyridine rings is 1. The molecule has 6 heteroatoms. The van der Waals surface area contributed by atoms with Gasteiger partial charge in [0.15, 0.2) is 0 Å². The molecule has 1 aliphatic rings. The van der Waals surface area contributed by atoms with Crippen LogP contribution < -0.4 is 9.64 Å². The van der Waals surface area contributed by atoms with Crippen LogP contribution in [0.1, 0.15) is 32.3 Å². The van der Waals surface area contributed by atoms with E-state index in [1.165, 1.54) is 0 Å². The molecule has 0 radical (unpaired) electrons. The zero-order valence-corrected chi connectivity index (χ0v) is 16.6. The third-order valence-corrected chi connectivity index (χ3v) is 4.49. The molecule has 0 amide bonds. The lowest BCUT2D eigenvalue weighted by molar-refractivity contribution is 0.107. The highest BCUT2D eigenvalue weighted by atomic mass is 16.5. The zero-order valence-electron chi connectivity index (χ0n) is 16.6. The number of nitrogens with zero attached hydrogens (tertiary/aromatic N) is 2. The molecule has 1 aromatic heterocycles. The van der Waals surface area contributed by atoms with Gasteiger partial charge in [-0.05, 0) is 37.1 Å². The van der Waals surface area contributed by atoms with Crippen LogP contribution >= 0.6 is 0 Å². The average Bonchev–Trinajstić information content (AvgIpc) is 3.14. The van der Waals surface area contributed by atoms with E-state index in [0.717, 1.165) is 18.5 Å². The SMILES string of the molecule is CC.COCc1c(O)cccc1OCC1CCC(OC)N1c1cccnc1. The third-order valence-electron chi connectivity index (χ3n) is 4.49. The molecule has 0 spiro atoms. The second-order valence-electron chi connectivity index (χ2n) is 6.04. The lowest BCUT2D eigenvalue weighted by Crippen LogP contribution is -2.40. The van der Waals surface area contributed by atoms with Crippen LogP contribution in [0.4, 0.5) is 5.69 Å². The molecule has 3 rings (SSSR count). The summed E-state index contributed by atoms with van der Waals surface area (Å²) in [6, 6.07) is 9.39. The maximum atomic E-state index is 10.0. The smallest absolute Gasteiger partial charge is 0.130 e. The van der Waals surface area contributed by atoms with Gasteiger partial charge < -0.3 is 24.2 Å². The first-order chi connectivity index (χ1) is 13.2. The van der Waals surface area contributed by atoms with Crippen LogP contribution in [0.2, 0.25) is 0 Å². The Morgan fingerprint density at radius 3 is 2.63 bits per heavy atom. The minimum atomic E-state index is 0.0143. The maximum Gasteiger partial charge on any atom is 0.130 e. The molecule has 0 saturated carbocycles. The molecular weight excluding hydrogens is 344 g/mol. The molecule has 2 atom stereocenters. The largest absolute Gasteiger partial charge is 0.507 e. The molecule has 6 nitrogen and oxygen atoms in total. The van der Waals surface area contributed by atoms with Crippen molar-refractivity contribution < 1.29 is 19.3 Å². The molecule has 1 aliphatic heterocycles. The first kappa shape index (κ1) is 21.0. The molecule has 1 N–H and O–H groups in total. The Morgan fingerprint density at radius 1 is 1.15 bits per heavy atom. The Morgan fingerprint density at radius 2 is 1.96 bits per heavy atom. The highest BCUT2D eigenvalue weighted by molar-refractivity contribution is 5.47. The summed E-state index contributed by atoms with van der Waals surface area (Å²) in [6.07, 6.45) is 5.52. The van der Waals surface area contributed by atoms with Crippen molar-refractivity contribution in [3.05, 3.63) is 48.3 Å². The van der Waals surface area contributed by atoms with Crippen molar-refractivity contribution in [2.45, 2.75) is 45.6 Å². The monoisotopic (exact) mass is 374 g/mol. The minimum absolute atomic E-state index is 0.0143. The molecule has 1 fully saturated rings. The number of anilines is 1. The number of phenols is 1. The fourth-order valence-corrected chi connectivity index (χ4v) is 3.29. The molecule has 2 aromatic rings. The number of phenolic OH excluding ortho intramolecular Hbond substituents is 1. The van der Waals surface area contributed by atoms with E-state index in [0.29, 0.717) is 24.5 Å². The van der Waals surface area contributed by atoms with Crippen molar-refractivity contribution in [2.24, 2.45) is 0 Å². The normalized spacial score (nSPS) is 18.7. The molecule has 0 aliphatic carbocycles. The van der Waals surface area contributed by atoms with Gasteiger partial charge >= 0.3 is 0 Å². The predicted molar refractivity (Wildman–Crippen MR) is 106 cm³/mol. The zero-order chi connectivity index (χ0) is 19.6. The summed E-state index contributed by atoms with van der Waals surface area (Å²) in [5.41, 5.74) is 1.69. The van der Waals surface area contributed by atoms with E-state index in [1.807, 2.05) is 38.2 Å². The summed E-state index contributed by atoms with van der Waals surface area (Å²) < 4.78 is 16.8. The number of benzene rings is 1. The Kier molecular flexibility index (Phi) is 8.36. The van der Waals surface area contributed by atoms with Crippen molar-refractivity contribution in [1.29, 1.82) is 0 Å². The quantitative estimate of drug-likeness (QED) is 0.791. The van der Waals surface area contributed by atoms with E-state index >= 15 is 0 Å². The van der Waals surface area contributed by atoms with Gasteiger partial charge in [-0.25, -0.2) is 0 Å². The van der Waals surface area contributed by atoms with Gasteiger partial charge in [0, 0.05) is 20.4 Å². The fourth-order valence-electron chi connectivity index (χ4n) is 3.29. The number of aromatic hydroxyl groups is 1. The average molecular weight is 374 g/mol. The van der Waals surface area contributed by atoms with Crippen LogP contribution in [0, 0.1) is 0 Å². The predicted octanol–water partition coefficient (Wildman–Crippen LogP) is 3.98. The van der Waals surface area contributed by atoms with Gasteiger partial charge in [-0.2, -0.15) is 0 Å². The summed E-state index contributed by atoms with van der Waals surface area (Å²) >= 11 is 0. The molecule has 1 saturated heterocycles. The Hall–Kier alpha value is -2.31. The van der Waals surface area contributed by atoms with Crippen LogP contribution in [0.5, 0.6) is 11.5 Å². The molecule has 27 heavy (non-hydrogen) atoms. The van der Waals surface area contributed by atoms with E-state index < -0.39 is 0 Å². The topological polar surface area (TPSA) is 64.1 Å². The summed E-state index contributed by atoms with van der Waals surface area (Å²) in [7, 11) is 3.32. The number of hydrogen-bond acceptors (Lipinski definition) is 6. The van der Waals surface area contributed by atoms with Gasteiger partial charge in [0.2, 0.25) is 0 Å². The van der Waals surface area contributed by atoms with Crippen LogP contribution in [0.25, 0.3) is 0 Å². The number of ether oxygens (including phenoxy) is 3. The van der Waals surface area contributed by atoms with E-state index in [1.54, 1.807) is 32.5 Å². The van der Waals surface area contributed by atoms with E-state index in [-0.39, 0.29) is 18.0 Å². The second-order valence-corrected chi connectivity index (χ2v) is 6.04. The molecule has 148 valence electrons. The Balaban J connectivity index is 0.00000126. The summed E-state index contributed by atoms with van der Waals surface area (Å²) in [6.45, 7) is 4.80. The van der Waals surface area contributed by atoms with Crippen molar-refractivity contribution in [1.82, 2.24) is 4.98 Å². The lowest BCUT2D eigenvalue weighted by Gasteiger charge is -2.31. The molecule has 0 bridgehead atoms. The molecule has 1 aromatic carbocycles. The second kappa shape index (κ2) is 10.7. The van der Waals surface area contributed by atoms with E-state index in [2.05, 4.69) is 9.88 Å². The fraction of sp³-hybridized carbons (Fsp3) is 0.476. The number of hydrogen-bond donors (Lipinski definition) is 1. The van der Waals surface area contributed by atoms with Gasteiger partial charge in [0.25, 0.3) is 0 Å². The standard InChI is InChI=1S/C19H24N2O4.C2H6/c1-23-13-16-17(22)6-3-7-18(16)25-12-15-8-9-19(24-2)21(15)14-5-4-10-20-11-14;1-2/h3-7,10-11,15,19,22H,8-9,12-13H2,1-2H3;1-2H3. The molecule has 2 heterocycles. The van der Waals surface area contributed by atoms with Crippen LogP contribution in [-0.2, 0) is 16.1 Å². The van der Waals surface area contributed by atoms with E-state index in [9.17, 15) is 5.11 Å². The highest BCUT2D eigenvalue weighted by Gasteiger charge is 2.34.